The van der Waals surface area contributed by atoms with Crippen LogP contribution in [0.1, 0.15) is 37.4 Å². The number of ether oxygens (including phenoxy) is 3. The lowest BCUT2D eigenvalue weighted by molar-refractivity contribution is -0.124. The van der Waals surface area contributed by atoms with Crippen LogP contribution in [0.5, 0.6) is 17.2 Å². The van der Waals surface area contributed by atoms with Crippen molar-refractivity contribution in [2.24, 2.45) is 0 Å². The van der Waals surface area contributed by atoms with Crippen LogP contribution in [0.3, 0.4) is 0 Å². The molecule has 26 heavy (non-hydrogen) atoms. The first-order valence-corrected chi connectivity index (χ1v) is 8.72. The Morgan fingerprint density at radius 3 is 2.58 bits per heavy atom. The van der Waals surface area contributed by atoms with E-state index in [1.165, 1.54) is 0 Å². The third-order valence-corrected chi connectivity index (χ3v) is 4.39. The molecule has 5 nitrogen and oxygen atoms in total. The van der Waals surface area contributed by atoms with Gasteiger partial charge in [-0.3, -0.25) is 4.79 Å². The van der Waals surface area contributed by atoms with Crippen molar-refractivity contribution in [1.82, 2.24) is 5.32 Å². The minimum absolute atomic E-state index is 0.0364. The van der Waals surface area contributed by atoms with E-state index in [1.807, 2.05) is 39.0 Å². The molecule has 0 saturated carbocycles. The number of hydrogen-bond acceptors (Lipinski definition) is 4. The quantitative estimate of drug-likeness (QED) is 0.886. The second kappa shape index (κ2) is 7.28. The highest BCUT2D eigenvalue weighted by molar-refractivity contribution is 5.78. The summed E-state index contributed by atoms with van der Waals surface area (Å²) in [6.07, 6.45) is 0.706. The van der Waals surface area contributed by atoms with E-state index >= 15 is 0 Å². The summed E-state index contributed by atoms with van der Waals surface area (Å²) in [7, 11) is 1.61. The molecule has 0 fully saturated rings. The van der Waals surface area contributed by atoms with E-state index in [1.54, 1.807) is 31.4 Å². The lowest BCUT2D eigenvalue weighted by Crippen LogP contribution is -2.42. The second-order valence-corrected chi connectivity index (χ2v) is 7.19. The Balaban J connectivity index is 1.65. The summed E-state index contributed by atoms with van der Waals surface area (Å²) in [6.45, 7) is 6.06. The minimum Gasteiger partial charge on any atom is -0.497 e. The molecule has 1 unspecified atom stereocenters. The number of benzene rings is 2. The maximum Gasteiger partial charge on any atom is 0.258 e. The molecule has 5 heteroatoms. The van der Waals surface area contributed by atoms with Gasteiger partial charge in [0.05, 0.1) is 13.2 Å². The molecule has 0 aliphatic carbocycles. The Kier molecular flexibility index (Phi) is 5.07. The number of rotatable bonds is 5. The molecule has 0 saturated heterocycles. The molecule has 1 aliphatic rings. The van der Waals surface area contributed by atoms with Gasteiger partial charge in [-0.05, 0) is 56.7 Å². The lowest BCUT2D eigenvalue weighted by Gasteiger charge is -2.38. The predicted molar refractivity (Wildman–Crippen MR) is 99.9 cm³/mol. The van der Waals surface area contributed by atoms with Crippen LogP contribution in [-0.4, -0.2) is 25.2 Å². The Morgan fingerprint density at radius 1 is 1.19 bits per heavy atom. The van der Waals surface area contributed by atoms with E-state index in [0.29, 0.717) is 12.2 Å². The summed E-state index contributed by atoms with van der Waals surface area (Å²) in [5.74, 6) is 2.06. The van der Waals surface area contributed by atoms with Crippen LogP contribution in [0.2, 0.25) is 0 Å². The Morgan fingerprint density at radius 2 is 1.88 bits per heavy atom. The lowest BCUT2D eigenvalue weighted by atomic mass is 9.89. The van der Waals surface area contributed by atoms with Gasteiger partial charge in [-0.2, -0.15) is 0 Å². The fourth-order valence-electron chi connectivity index (χ4n) is 3.14. The van der Waals surface area contributed by atoms with E-state index in [-0.39, 0.29) is 24.2 Å². The average molecular weight is 355 g/mol. The van der Waals surface area contributed by atoms with Crippen LogP contribution >= 0.6 is 0 Å². The number of methoxy groups -OCH3 is 1. The van der Waals surface area contributed by atoms with Crippen molar-refractivity contribution in [3.05, 3.63) is 53.6 Å². The van der Waals surface area contributed by atoms with Gasteiger partial charge in [-0.25, -0.2) is 0 Å². The van der Waals surface area contributed by atoms with Gasteiger partial charge in [0.1, 0.15) is 22.8 Å². The first kappa shape index (κ1) is 18.1. The molecule has 2 aromatic rings. The fourth-order valence-corrected chi connectivity index (χ4v) is 3.14. The Bertz CT molecular complexity index is 783. The maximum absolute atomic E-state index is 12.4. The van der Waals surface area contributed by atoms with Crippen molar-refractivity contribution in [3.63, 3.8) is 0 Å². The molecule has 138 valence electrons. The Labute approximate surface area is 154 Å². The van der Waals surface area contributed by atoms with Gasteiger partial charge >= 0.3 is 0 Å². The molecule has 1 aliphatic heterocycles. The second-order valence-electron chi connectivity index (χ2n) is 7.19. The minimum atomic E-state index is -0.338. The summed E-state index contributed by atoms with van der Waals surface area (Å²) in [4.78, 5) is 12.4. The van der Waals surface area contributed by atoms with Crippen LogP contribution < -0.4 is 19.5 Å². The fraction of sp³-hybridized carbons (Fsp3) is 0.381. The van der Waals surface area contributed by atoms with Gasteiger partial charge in [0, 0.05) is 12.0 Å². The number of nitrogens with one attached hydrogen (secondary N) is 1. The average Bonchev–Trinajstić information content (AvgIpc) is 2.59. The van der Waals surface area contributed by atoms with E-state index in [4.69, 9.17) is 14.2 Å². The standard InChI is InChI=1S/C21H25NO4/c1-14-5-10-17-18(12-21(2,3)26-19(17)11-14)22-20(23)13-25-16-8-6-15(24-4)7-9-16/h5-11,18H,12-13H2,1-4H3,(H,22,23). The first-order chi connectivity index (χ1) is 12.4. The number of carbonyl (C=O) groups is 1. The van der Waals surface area contributed by atoms with Crippen molar-refractivity contribution in [2.75, 3.05) is 13.7 Å². The van der Waals surface area contributed by atoms with E-state index < -0.39 is 0 Å². The zero-order valence-corrected chi connectivity index (χ0v) is 15.7. The molecule has 1 amide bonds. The topological polar surface area (TPSA) is 56.8 Å². The highest BCUT2D eigenvalue weighted by Crippen LogP contribution is 2.39. The summed E-state index contributed by atoms with van der Waals surface area (Å²) in [5, 5.41) is 3.07. The Hall–Kier alpha value is -2.69. The highest BCUT2D eigenvalue weighted by atomic mass is 16.5. The normalized spacial score (nSPS) is 17.6. The van der Waals surface area contributed by atoms with Crippen molar-refractivity contribution in [3.8, 4) is 17.2 Å². The number of carbonyl (C=O) groups excluding carboxylic acids is 1. The summed E-state index contributed by atoms with van der Waals surface area (Å²) >= 11 is 0. The molecule has 1 heterocycles. The third kappa shape index (κ3) is 4.28. The summed E-state index contributed by atoms with van der Waals surface area (Å²) < 4.78 is 16.7. The van der Waals surface area contributed by atoms with Crippen LogP contribution in [-0.2, 0) is 4.79 Å². The molecule has 0 spiro atoms. The number of aryl methyl sites for hydroxylation is 1. The van der Waals surface area contributed by atoms with Crippen molar-refractivity contribution in [1.29, 1.82) is 0 Å². The zero-order valence-electron chi connectivity index (χ0n) is 15.7. The largest absolute Gasteiger partial charge is 0.497 e. The molecular formula is C21H25NO4. The van der Waals surface area contributed by atoms with Gasteiger partial charge < -0.3 is 19.5 Å². The highest BCUT2D eigenvalue weighted by Gasteiger charge is 2.34. The van der Waals surface area contributed by atoms with Gasteiger partial charge in [-0.1, -0.05) is 12.1 Å². The third-order valence-electron chi connectivity index (χ3n) is 4.39. The molecule has 0 bridgehead atoms. The monoisotopic (exact) mass is 355 g/mol. The molecule has 3 rings (SSSR count). The van der Waals surface area contributed by atoms with Crippen molar-refractivity contribution in [2.45, 2.75) is 38.8 Å². The molecule has 1 N–H and O–H groups in total. The zero-order chi connectivity index (χ0) is 18.7. The molecule has 0 radical (unpaired) electrons. The van der Waals surface area contributed by atoms with Gasteiger partial charge in [0.2, 0.25) is 0 Å². The molecular weight excluding hydrogens is 330 g/mol. The van der Waals surface area contributed by atoms with E-state index in [0.717, 1.165) is 22.6 Å². The summed E-state index contributed by atoms with van der Waals surface area (Å²) in [5.41, 5.74) is 1.80. The molecule has 1 atom stereocenters. The predicted octanol–water partition coefficient (Wildman–Crippen LogP) is 3.80. The first-order valence-electron chi connectivity index (χ1n) is 8.72. The van der Waals surface area contributed by atoms with Crippen molar-refractivity contribution >= 4 is 5.91 Å². The van der Waals surface area contributed by atoms with E-state index in [2.05, 4.69) is 5.32 Å². The van der Waals surface area contributed by atoms with Crippen LogP contribution in [0.25, 0.3) is 0 Å². The van der Waals surface area contributed by atoms with Crippen LogP contribution in [0.15, 0.2) is 42.5 Å². The maximum atomic E-state index is 12.4. The van der Waals surface area contributed by atoms with E-state index in [9.17, 15) is 4.79 Å². The van der Waals surface area contributed by atoms with Crippen molar-refractivity contribution < 1.29 is 19.0 Å². The number of amides is 1. The number of hydrogen-bond donors (Lipinski definition) is 1. The van der Waals surface area contributed by atoms with Crippen LogP contribution in [0, 0.1) is 6.92 Å². The molecule has 0 aromatic heterocycles. The SMILES string of the molecule is COc1ccc(OCC(=O)NC2CC(C)(C)Oc3cc(C)ccc32)cc1. The van der Waals surface area contributed by atoms with Gasteiger partial charge in [0.15, 0.2) is 6.61 Å². The smallest absolute Gasteiger partial charge is 0.258 e. The summed E-state index contributed by atoms with van der Waals surface area (Å²) in [6, 6.07) is 13.1. The molecule has 2 aromatic carbocycles. The number of fused-ring (bicyclic) bond motifs is 1. The van der Waals surface area contributed by atoms with Crippen LogP contribution in [0.4, 0.5) is 0 Å². The van der Waals surface area contributed by atoms with Gasteiger partial charge in [-0.15, -0.1) is 0 Å². The van der Waals surface area contributed by atoms with Gasteiger partial charge in [0.25, 0.3) is 5.91 Å².